The number of aromatic amines is 1. The Kier molecular flexibility index (Phi) is 4.02. The van der Waals surface area contributed by atoms with E-state index in [0.717, 1.165) is 30.7 Å². The zero-order valence-electron chi connectivity index (χ0n) is 14.0. The minimum atomic E-state index is -0.948. The van der Waals surface area contributed by atoms with Crippen LogP contribution in [0.25, 0.3) is 5.69 Å². The van der Waals surface area contributed by atoms with Crippen molar-refractivity contribution < 1.29 is 13.6 Å². The number of benzene rings is 1. The van der Waals surface area contributed by atoms with Crippen LogP contribution in [0.15, 0.2) is 36.5 Å². The Morgan fingerprint density at radius 3 is 2.81 bits per heavy atom. The van der Waals surface area contributed by atoms with E-state index in [-0.39, 0.29) is 5.91 Å². The van der Waals surface area contributed by atoms with E-state index < -0.39 is 17.6 Å². The molecule has 2 N–H and O–H groups in total. The van der Waals surface area contributed by atoms with E-state index in [1.54, 1.807) is 19.2 Å². The van der Waals surface area contributed by atoms with Gasteiger partial charge >= 0.3 is 0 Å². The number of hydrogen-bond acceptors (Lipinski definition) is 3. The number of carbonyl (C=O) groups is 1. The molecule has 1 fully saturated rings. The van der Waals surface area contributed by atoms with E-state index >= 15 is 0 Å². The molecule has 134 valence electrons. The van der Waals surface area contributed by atoms with Crippen LogP contribution in [0.3, 0.4) is 0 Å². The first-order valence-corrected chi connectivity index (χ1v) is 8.38. The van der Waals surface area contributed by atoms with Gasteiger partial charge in [-0.2, -0.15) is 10.2 Å². The van der Waals surface area contributed by atoms with E-state index in [1.165, 1.54) is 10.7 Å². The molecule has 4 rings (SSSR count). The predicted octanol–water partition coefficient (Wildman–Crippen LogP) is 3.49. The lowest BCUT2D eigenvalue weighted by Gasteiger charge is -2.08. The van der Waals surface area contributed by atoms with Crippen LogP contribution in [0.1, 0.15) is 43.0 Å². The Morgan fingerprint density at radius 1 is 1.27 bits per heavy atom. The summed E-state index contributed by atoms with van der Waals surface area (Å²) >= 11 is 0. The highest BCUT2D eigenvalue weighted by molar-refractivity contribution is 5.94. The largest absolute Gasteiger partial charge is 0.311 e. The molecule has 0 unspecified atom stereocenters. The fourth-order valence-electron chi connectivity index (χ4n) is 2.71. The molecule has 1 aliphatic rings. The summed E-state index contributed by atoms with van der Waals surface area (Å²) < 4.78 is 27.8. The van der Waals surface area contributed by atoms with Crippen molar-refractivity contribution in [1.82, 2.24) is 20.0 Å². The molecule has 1 aliphatic carbocycles. The number of anilines is 1. The maximum absolute atomic E-state index is 13.4. The monoisotopic (exact) mass is 357 g/mol. The van der Waals surface area contributed by atoms with Crippen molar-refractivity contribution in [3.05, 3.63) is 59.6 Å². The zero-order chi connectivity index (χ0) is 18.3. The van der Waals surface area contributed by atoms with Crippen molar-refractivity contribution in [3.63, 3.8) is 0 Å². The molecule has 8 heteroatoms. The summed E-state index contributed by atoms with van der Waals surface area (Å²) in [5, 5.41) is 14.1. The minimum Gasteiger partial charge on any atom is -0.311 e. The summed E-state index contributed by atoms with van der Waals surface area (Å²) in [5.41, 5.74) is 1.87. The molecule has 2 heterocycles. The molecule has 2 aromatic heterocycles. The molecule has 26 heavy (non-hydrogen) atoms. The lowest BCUT2D eigenvalue weighted by atomic mass is 10.1. The number of amides is 1. The number of hydrogen-bond donors (Lipinski definition) is 2. The standard InChI is InChI=1S/C18H17F2N5O/c1-10(18(26)21-17-9-16(22-23-17)11-2-3-11)15-6-7-25(24-15)12-4-5-13(19)14(20)8-12/h4-11H,2-3H2,1H3,(H2,21,22,23,26)/t10-/m1/s1. The Morgan fingerprint density at radius 2 is 2.08 bits per heavy atom. The van der Waals surface area contributed by atoms with E-state index in [0.29, 0.717) is 23.1 Å². The van der Waals surface area contributed by atoms with Gasteiger partial charge in [0.25, 0.3) is 0 Å². The van der Waals surface area contributed by atoms with Gasteiger partial charge in [-0.25, -0.2) is 13.5 Å². The fraction of sp³-hybridized carbons (Fsp3) is 0.278. The summed E-state index contributed by atoms with van der Waals surface area (Å²) in [6.45, 7) is 1.73. The normalized spacial score (nSPS) is 15.0. The zero-order valence-corrected chi connectivity index (χ0v) is 14.0. The van der Waals surface area contributed by atoms with Gasteiger partial charge in [0.1, 0.15) is 5.82 Å². The van der Waals surface area contributed by atoms with E-state index in [9.17, 15) is 13.6 Å². The number of carbonyl (C=O) groups excluding carboxylic acids is 1. The average Bonchev–Trinajstić information content (AvgIpc) is 3.17. The van der Waals surface area contributed by atoms with Crippen LogP contribution >= 0.6 is 0 Å². The maximum atomic E-state index is 13.4. The van der Waals surface area contributed by atoms with Crippen molar-refractivity contribution in [2.45, 2.75) is 31.6 Å². The van der Waals surface area contributed by atoms with E-state index in [4.69, 9.17) is 0 Å². The molecule has 1 aromatic carbocycles. The fourth-order valence-corrected chi connectivity index (χ4v) is 2.71. The molecular weight excluding hydrogens is 340 g/mol. The first-order valence-electron chi connectivity index (χ1n) is 8.38. The molecule has 0 aliphatic heterocycles. The lowest BCUT2D eigenvalue weighted by Crippen LogP contribution is -2.19. The average molecular weight is 357 g/mol. The Labute approximate surface area is 148 Å². The van der Waals surface area contributed by atoms with E-state index in [1.807, 2.05) is 6.07 Å². The van der Waals surface area contributed by atoms with Crippen LogP contribution in [0, 0.1) is 11.6 Å². The molecule has 1 amide bonds. The molecule has 0 bridgehead atoms. The first kappa shape index (κ1) is 16.4. The van der Waals surface area contributed by atoms with Gasteiger partial charge in [-0.3, -0.25) is 9.89 Å². The smallest absolute Gasteiger partial charge is 0.234 e. The number of nitrogens with zero attached hydrogens (tertiary/aromatic N) is 3. The van der Waals surface area contributed by atoms with Crippen LogP contribution in [-0.4, -0.2) is 25.9 Å². The molecule has 0 spiro atoms. The molecule has 0 radical (unpaired) electrons. The Bertz CT molecular complexity index is 960. The summed E-state index contributed by atoms with van der Waals surface area (Å²) in [7, 11) is 0. The molecule has 6 nitrogen and oxygen atoms in total. The topological polar surface area (TPSA) is 75.6 Å². The molecule has 1 saturated carbocycles. The third kappa shape index (κ3) is 3.22. The van der Waals surface area contributed by atoms with Gasteiger partial charge < -0.3 is 5.32 Å². The van der Waals surface area contributed by atoms with Crippen LogP contribution in [0.4, 0.5) is 14.6 Å². The van der Waals surface area contributed by atoms with Gasteiger partial charge in [0, 0.05) is 24.2 Å². The van der Waals surface area contributed by atoms with Crippen molar-refractivity contribution in [3.8, 4) is 5.69 Å². The summed E-state index contributed by atoms with van der Waals surface area (Å²) in [5.74, 6) is -1.55. The summed E-state index contributed by atoms with van der Waals surface area (Å²) in [4.78, 5) is 12.4. The lowest BCUT2D eigenvalue weighted by molar-refractivity contribution is -0.117. The van der Waals surface area contributed by atoms with Gasteiger partial charge in [0.05, 0.1) is 23.0 Å². The highest BCUT2D eigenvalue weighted by atomic mass is 19.2. The van der Waals surface area contributed by atoms with Crippen LogP contribution < -0.4 is 5.32 Å². The second kappa shape index (κ2) is 6.36. The predicted molar refractivity (Wildman–Crippen MR) is 91.1 cm³/mol. The van der Waals surface area contributed by atoms with Gasteiger partial charge in [-0.05, 0) is 38.0 Å². The first-order chi connectivity index (χ1) is 12.5. The van der Waals surface area contributed by atoms with Gasteiger partial charge in [0.15, 0.2) is 11.6 Å². The third-order valence-corrected chi connectivity index (χ3v) is 4.47. The van der Waals surface area contributed by atoms with Crippen molar-refractivity contribution in [1.29, 1.82) is 0 Å². The van der Waals surface area contributed by atoms with E-state index in [2.05, 4.69) is 20.6 Å². The van der Waals surface area contributed by atoms with Crippen LogP contribution in [-0.2, 0) is 4.79 Å². The SMILES string of the molecule is C[C@@H](C(=O)Nc1cc(C2CC2)n[nH]1)c1ccn(-c2ccc(F)c(F)c2)n1. The molecule has 3 aromatic rings. The quantitative estimate of drug-likeness (QED) is 0.734. The second-order valence-electron chi connectivity index (χ2n) is 6.48. The Hall–Kier alpha value is -3.03. The molecule has 1 atom stereocenters. The second-order valence-corrected chi connectivity index (χ2v) is 6.48. The number of rotatable bonds is 5. The van der Waals surface area contributed by atoms with Gasteiger partial charge in [-0.15, -0.1) is 0 Å². The van der Waals surface area contributed by atoms with Crippen molar-refractivity contribution >= 4 is 11.7 Å². The van der Waals surface area contributed by atoms with Crippen molar-refractivity contribution in [2.75, 3.05) is 5.32 Å². The maximum Gasteiger partial charge on any atom is 0.234 e. The Balaban J connectivity index is 1.46. The third-order valence-electron chi connectivity index (χ3n) is 4.47. The highest BCUT2D eigenvalue weighted by Crippen LogP contribution is 2.39. The van der Waals surface area contributed by atoms with Gasteiger partial charge in [0.2, 0.25) is 5.91 Å². The van der Waals surface area contributed by atoms with Crippen LogP contribution in [0.2, 0.25) is 0 Å². The number of nitrogens with one attached hydrogen (secondary N) is 2. The van der Waals surface area contributed by atoms with Gasteiger partial charge in [-0.1, -0.05) is 0 Å². The summed E-state index contributed by atoms with van der Waals surface area (Å²) in [6.07, 6.45) is 3.87. The number of aromatic nitrogens is 4. The molecular formula is C18H17F2N5O. The number of halogens is 2. The van der Waals surface area contributed by atoms with Crippen LogP contribution in [0.5, 0.6) is 0 Å². The molecule has 0 saturated heterocycles. The highest BCUT2D eigenvalue weighted by Gasteiger charge is 2.27. The minimum absolute atomic E-state index is 0.230. The number of H-pyrrole nitrogens is 1. The summed E-state index contributed by atoms with van der Waals surface area (Å²) in [6, 6.07) is 7.04. The van der Waals surface area contributed by atoms with Crippen molar-refractivity contribution in [2.24, 2.45) is 0 Å².